The van der Waals surface area contributed by atoms with E-state index in [2.05, 4.69) is 5.32 Å². The minimum absolute atomic E-state index is 0.123. The fourth-order valence-electron chi connectivity index (χ4n) is 2.54. The van der Waals surface area contributed by atoms with Gasteiger partial charge in [-0.2, -0.15) is 0 Å². The lowest BCUT2D eigenvalue weighted by molar-refractivity contribution is 0.0698. The predicted octanol–water partition coefficient (Wildman–Crippen LogP) is 1.66. The first-order valence-corrected chi connectivity index (χ1v) is 6.79. The van der Waals surface area contributed by atoms with Gasteiger partial charge in [0, 0.05) is 31.8 Å². The predicted molar refractivity (Wildman–Crippen MR) is 75.1 cm³/mol. The number of hydrogen-bond donors (Lipinski definition) is 1. The first-order valence-electron chi connectivity index (χ1n) is 6.79. The largest absolute Gasteiger partial charge is 0.380 e. The molecule has 1 saturated heterocycles. The number of hydrogen-bond acceptors (Lipinski definition) is 3. The summed E-state index contributed by atoms with van der Waals surface area (Å²) in [6, 6.07) is 8.12. The van der Waals surface area contributed by atoms with Gasteiger partial charge in [0.25, 0.3) is 5.91 Å². The van der Waals surface area contributed by atoms with Gasteiger partial charge in [0.1, 0.15) is 0 Å². The van der Waals surface area contributed by atoms with Crippen LogP contribution in [0, 0.1) is 0 Å². The molecule has 2 rings (SSSR count). The summed E-state index contributed by atoms with van der Waals surface area (Å²) in [5.41, 5.74) is 1.79. The first-order chi connectivity index (χ1) is 9.24. The molecule has 1 unspecified atom stereocenters. The average molecular weight is 262 g/mol. The van der Waals surface area contributed by atoms with Crippen molar-refractivity contribution in [3.63, 3.8) is 0 Å². The molecule has 1 aliphatic heterocycles. The second kappa shape index (κ2) is 6.68. The molecule has 104 valence electrons. The van der Waals surface area contributed by atoms with Gasteiger partial charge < -0.3 is 15.0 Å². The van der Waals surface area contributed by atoms with E-state index >= 15 is 0 Å². The monoisotopic (exact) mass is 262 g/mol. The van der Waals surface area contributed by atoms with Gasteiger partial charge in [-0.3, -0.25) is 4.79 Å². The lowest BCUT2D eigenvalue weighted by atomic mass is 10.0. The summed E-state index contributed by atoms with van der Waals surface area (Å²) in [6.07, 6.45) is 2.21. The minimum atomic E-state index is 0.123. The molecule has 0 spiro atoms. The third-order valence-corrected chi connectivity index (χ3v) is 3.60. The number of nitrogens with one attached hydrogen (secondary N) is 1. The van der Waals surface area contributed by atoms with Crippen LogP contribution in [0.5, 0.6) is 0 Å². The van der Waals surface area contributed by atoms with Gasteiger partial charge in [-0.1, -0.05) is 12.1 Å². The molecule has 1 aromatic rings. The van der Waals surface area contributed by atoms with E-state index < -0.39 is 0 Å². The van der Waals surface area contributed by atoms with Crippen LogP contribution in [0.4, 0.5) is 0 Å². The van der Waals surface area contributed by atoms with Gasteiger partial charge in [0.15, 0.2) is 0 Å². The zero-order chi connectivity index (χ0) is 13.7. The van der Waals surface area contributed by atoms with Gasteiger partial charge >= 0.3 is 0 Å². The summed E-state index contributed by atoms with van der Waals surface area (Å²) < 4.78 is 5.11. The number of nitrogens with zero attached hydrogens (tertiary/aromatic N) is 1. The lowest BCUT2D eigenvalue weighted by Crippen LogP contribution is -2.46. The van der Waals surface area contributed by atoms with Crippen molar-refractivity contribution < 1.29 is 9.53 Å². The van der Waals surface area contributed by atoms with Crippen LogP contribution in [0.3, 0.4) is 0 Å². The van der Waals surface area contributed by atoms with Crippen LogP contribution in [0.25, 0.3) is 0 Å². The Hall–Kier alpha value is -1.39. The van der Waals surface area contributed by atoms with E-state index in [4.69, 9.17) is 4.74 Å². The maximum Gasteiger partial charge on any atom is 0.253 e. The minimum Gasteiger partial charge on any atom is -0.380 e. The Morgan fingerprint density at radius 3 is 3.11 bits per heavy atom. The highest BCUT2D eigenvalue weighted by molar-refractivity contribution is 5.94. The Morgan fingerprint density at radius 2 is 2.37 bits per heavy atom. The number of carbonyl (C=O) groups is 1. The Kier molecular flexibility index (Phi) is 4.93. The van der Waals surface area contributed by atoms with E-state index in [1.165, 1.54) is 0 Å². The van der Waals surface area contributed by atoms with Crippen LogP contribution in [-0.4, -0.2) is 44.1 Å². The molecule has 19 heavy (non-hydrogen) atoms. The van der Waals surface area contributed by atoms with Crippen LogP contribution >= 0.6 is 0 Å². The van der Waals surface area contributed by atoms with Gasteiger partial charge in [-0.15, -0.1) is 0 Å². The van der Waals surface area contributed by atoms with E-state index in [1.54, 1.807) is 7.11 Å². The molecule has 1 N–H and O–H groups in total. The van der Waals surface area contributed by atoms with Crippen molar-refractivity contribution >= 4 is 5.91 Å². The zero-order valence-corrected chi connectivity index (χ0v) is 11.7. The smallest absolute Gasteiger partial charge is 0.253 e. The summed E-state index contributed by atoms with van der Waals surface area (Å²) in [6.45, 7) is 2.19. The van der Waals surface area contributed by atoms with Crippen LogP contribution in [-0.2, 0) is 11.3 Å². The van der Waals surface area contributed by atoms with Crippen LogP contribution in [0.1, 0.15) is 28.8 Å². The van der Waals surface area contributed by atoms with Crippen molar-refractivity contribution in [1.29, 1.82) is 0 Å². The van der Waals surface area contributed by atoms with Crippen LogP contribution in [0.15, 0.2) is 24.3 Å². The highest BCUT2D eigenvalue weighted by Crippen LogP contribution is 2.15. The summed E-state index contributed by atoms with van der Waals surface area (Å²) in [5, 5.41) is 3.26. The molecule has 1 atom stereocenters. The van der Waals surface area contributed by atoms with E-state index in [-0.39, 0.29) is 5.91 Å². The molecule has 1 aliphatic rings. The highest BCUT2D eigenvalue weighted by atomic mass is 16.5. The Morgan fingerprint density at radius 1 is 1.53 bits per heavy atom. The molecule has 1 aromatic carbocycles. The summed E-state index contributed by atoms with van der Waals surface area (Å²) in [5.74, 6) is 0.123. The van der Waals surface area contributed by atoms with Gasteiger partial charge in [0.05, 0.1) is 6.61 Å². The summed E-state index contributed by atoms with van der Waals surface area (Å²) >= 11 is 0. The van der Waals surface area contributed by atoms with Crippen LogP contribution in [0.2, 0.25) is 0 Å². The average Bonchev–Trinajstić information content (AvgIpc) is 2.47. The van der Waals surface area contributed by atoms with Crippen molar-refractivity contribution in [2.24, 2.45) is 0 Å². The molecule has 0 saturated carbocycles. The van der Waals surface area contributed by atoms with Crippen molar-refractivity contribution in [2.45, 2.75) is 25.5 Å². The Bertz CT molecular complexity index is 434. The second-order valence-corrected chi connectivity index (χ2v) is 5.01. The number of benzene rings is 1. The molecule has 0 bridgehead atoms. The van der Waals surface area contributed by atoms with Crippen molar-refractivity contribution in [2.75, 3.05) is 27.2 Å². The lowest BCUT2D eigenvalue weighted by Gasteiger charge is -2.32. The first kappa shape index (κ1) is 14.0. The number of amides is 1. The number of likely N-dealkylation sites (N-methyl/N-ethyl adjacent to an activating group) is 1. The van der Waals surface area contributed by atoms with Crippen molar-refractivity contribution in [3.05, 3.63) is 35.4 Å². The zero-order valence-electron chi connectivity index (χ0n) is 11.7. The van der Waals surface area contributed by atoms with E-state index in [0.717, 1.165) is 37.1 Å². The molecule has 1 amide bonds. The molecule has 1 fully saturated rings. The normalized spacial score (nSPS) is 19.5. The standard InChI is InChI=1S/C15H22N2O2/c1-16-14-7-4-8-17(10-14)15(18)13-6-3-5-12(9-13)11-19-2/h3,5-6,9,14,16H,4,7-8,10-11H2,1-2H3. The quantitative estimate of drug-likeness (QED) is 0.897. The maximum atomic E-state index is 12.5. The highest BCUT2D eigenvalue weighted by Gasteiger charge is 2.23. The number of methoxy groups -OCH3 is 1. The molecule has 4 heteroatoms. The van der Waals surface area contributed by atoms with E-state index in [1.807, 2.05) is 36.2 Å². The molecular weight excluding hydrogens is 240 g/mol. The molecule has 0 radical (unpaired) electrons. The molecule has 0 aromatic heterocycles. The maximum absolute atomic E-state index is 12.5. The molecule has 1 heterocycles. The summed E-state index contributed by atoms with van der Waals surface area (Å²) in [7, 11) is 3.62. The molecule has 0 aliphatic carbocycles. The molecular formula is C15H22N2O2. The Balaban J connectivity index is 2.08. The number of ether oxygens (including phenoxy) is 1. The van der Waals surface area contributed by atoms with Crippen molar-refractivity contribution in [3.8, 4) is 0 Å². The van der Waals surface area contributed by atoms with Gasteiger partial charge in [-0.25, -0.2) is 0 Å². The van der Waals surface area contributed by atoms with Gasteiger partial charge in [0.2, 0.25) is 0 Å². The number of likely N-dealkylation sites (tertiary alicyclic amines) is 1. The number of piperidine rings is 1. The molecule has 4 nitrogen and oxygen atoms in total. The van der Waals surface area contributed by atoms with E-state index in [9.17, 15) is 4.79 Å². The SMILES string of the molecule is CNC1CCCN(C(=O)c2cccc(COC)c2)C1. The third-order valence-electron chi connectivity index (χ3n) is 3.60. The fraction of sp³-hybridized carbons (Fsp3) is 0.533. The number of rotatable bonds is 4. The van der Waals surface area contributed by atoms with Crippen LogP contribution < -0.4 is 5.32 Å². The topological polar surface area (TPSA) is 41.6 Å². The Labute approximate surface area is 114 Å². The summed E-state index contributed by atoms with van der Waals surface area (Å²) in [4.78, 5) is 14.4. The van der Waals surface area contributed by atoms with E-state index in [0.29, 0.717) is 12.6 Å². The third kappa shape index (κ3) is 3.55. The number of carbonyl (C=O) groups excluding carboxylic acids is 1. The second-order valence-electron chi connectivity index (χ2n) is 5.01. The van der Waals surface area contributed by atoms with Crippen molar-refractivity contribution in [1.82, 2.24) is 10.2 Å². The van der Waals surface area contributed by atoms with Gasteiger partial charge in [-0.05, 0) is 37.6 Å². The fourth-order valence-corrected chi connectivity index (χ4v) is 2.54.